The van der Waals surface area contributed by atoms with Gasteiger partial charge in [0.1, 0.15) is 5.92 Å². The molecule has 1 rings (SSSR count). The number of benzene rings is 1. The lowest BCUT2D eigenvalue weighted by Crippen LogP contribution is -2.28. The molecule has 1 aromatic rings. The minimum Gasteiger partial charge on any atom is -0.481 e. The molecule has 0 saturated heterocycles. The molecule has 0 aliphatic rings. The zero-order valence-electron chi connectivity index (χ0n) is 8.74. The standard InChI is InChI=1S/C11H12BrNO3/c1-2-9(11(15)16)10(14)13-8-5-3-4-7(12)6-8/h3-6,9H,2H2,1H3,(H,13,14)(H,15,16). The fourth-order valence-corrected chi connectivity index (χ4v) is 1.67. The summed E-state index contributed by atoms with van der Waals surface area (Å²) in [6.07, 6.45) is 0.273. The van der Waals surface area contributed by atoms with Crippen molar-refractivity contribution in [3.05, 3.63) is 28.7 Å². The summed E-state index contributed by atoms with van der Waals surface area (Å²) in [6.45, 7) is 1.67. The molecule has 16 heavy (non-hydrogen) atoms. The second-order valence-electron chi connectivity index (χ2n) is 3.30. The fraction of sp³-hybridized carbons (Fsp3) is 0.273. The van der Waals surface area contributed by atoms with E-state index in [1.165, 1.54) is 0 Å². The van der Waals surface area contributed by atoms with E-state index in [-0.39, 0.29) is 6.42 Å². The molecular weight excluding hydrogens is 274 g/mol. The Bertz CT molecular complexity index is 406. The molecule has 0 radical (unpaired) electrons. The second kappa shape index (κ2) is 5.65. The average molecular weight is 286 g/mol. The van der Waals surface area contributed by atoms with Crippen LogP contribution >= 0.6 is 15.9 Å². The molecule has 1 unspecified atom stereocenters. The second-order valence-corrected chi connectivity index (χ2v) is 4.21. The van der Waals surface area contributed by atoms with Crippen molar-refractivity contribution in [2.24, 2.45) is 5.92 Å². The summed E-state index contributed by atoms with van der Waals surface area (Å²) in [5.74, 6) is -2.60. The minimum absolute atomic E-state index is 0.273. The van der Waals surface area contributed by atoms with E-state index in [4.69, 9.17) is 5.11 Å². The first-order chi connectivity index (χ1) is 7.54. The molecule has 4 nitrogen and oxygen atoms in total. The number of hydrogen-bond donors (Lipinski definition) is 2. The first-order valence-corrected chi connectivity index (χ1v) is 5.63. The van der Waals surface area contributed by atoms with Crippen LogP contribution in [-0.2, 0) is 9.59 Å². The highest BCUT2D eigenvalue weighted by Crippen LogP contribution is 2.17. The predicted molar refractivity (Wildman–Crippen MR) is 64.2 cm³/mol. The van der Waals surface area contributed by atoms with E-state index >= 15 is 0 Å². The van der Waals surface area contributed by atoms with Crippen molar-refractivity contribution in [2.75, 3.05) is 5.32 Å². The molecule has 1 amide bonds. The molecule has 0 aromatic heterocycles. The molecule has 1 atom stereocenters. The summed E-state index contributed by atoms with van der Waals surface area (Å²) in [7, 11) is 0. The number of carbonyl (C=O) groups excluding carboxylic acids is 1. The van der Waals surface area contributed by atoms with E-state index in [0.717, 1.165) is 4.47 Å². The number of hydrogen-bond acceptors (Lipinski definition) is 2. The highest BCUT2D eigenvalue weighted by atomic mass is 79.9. The van der Waals surface area contributed by atoms with Crippen LogP contribution in [0.4, 0.5) is 5.69 Å². The molecular formula is C11H12BrNO3. The Morgan fingerprint density at radius 3 is 2.69 bits per heavy atom. The monoisotopic (exact) mass is 285 g/mol. The number of rotatable bonds is 4. The lowest BCUT2D eigenvalue weighted by molar-refractivity contribution is -0.145. The fourth-order valence-electron chi connectivity index (χ4n) is 1.27. The van der Waals surface area contributed by atoms with Gasteiger partial charge in [-0.25, -0.2) is 0 Å². The SMILES string of the molecule is CCC(C(=O)O)C(=O)Nc1cccc(Br)c1. The summed E-state index contributed by atoms with van der Waals surface area (Å²) < 4.78 is 0.827. The van der Waals surface area contributed by atoms with Gasteiger partial charge in [0.25, 0.3) is 0 Å². The zero-order valence-corrected chi connectivity index (χ0v) is 10.3. The number of anilines is 1. The van der Waals surface area contributed by atoms with Gasteiger partial charge in [-0.15, -0.1) is 0 Å². The normalized spacial score (nSPS) is 11.9. The summed E-state index contributed by atoms with van der Waals surface area (Å²) in [4.78, 5) is 22.3. The van der Waals surface area contributed by atoms with Crippen LogP contribution in [0.3, 0.4) is 0 Å². The number of carbonyl (C=O) groups is 2. The number of halogens is 1. The summed E-state index contributed by atoms with van der Waals surface area (Å²) >= 11 is 3.27. The van der Waals surface area contributed by atoms with E-state index in [9.17, 15) is 9.59 Å². The van der Waals surface area contributed by atoms with E-state index in [1.54, 1.807) is 25.1 Å². The molecule has 0 aliphatic heterocycles. The first kappa shape index (κ1) is 12.7. The third kappa shape index (κ3) is 3.34. The highest BCUT2D eigenvalue weighted by molar-refractivity contribution is 9.10. The van der Waals surface area contributed by atoms with Crippen LogP contribution in [0.1, 0.15) is 13.3 Å². The number of carboxylic acid groups (broad SMARTS) is 1. The van der Waals surface area contributed by atoms with E-state index in [1.807, 2.05) is 6.07 Å². The Kier molecular flexibility index (Phi) is 4.49. The van der Waals surface area contributed by atoms with Gasteiger partial charge in [-0.05, 0) is 24.6 Å². The zero-order chi connectivity index (χ0) is 12.1. The van der Waals surface area contributed by atoms with Crippen LogP contribution < -0.4 is 5.32 Å². The maximum Gasteiger partial charge on any atom is 0.316 e. The maximum atomic E-state index is 11.6. The van der Waals surface area contributed by atoms with Gasteiger partial charge in [0.15, 0.2) is 0 Å². The van der Waals surface area contributed by atoms with Gasteiger partial charge < -0.3 is 10.4 Å². The van der Waals surface area contributed by atoms with Crippen LogP contribution in [0.25, 0.3) is 0 Å². The maximum absolute atomic E-state index is 11.6. The quantitative estimate of drug-likeness (QED) is 0.836. The highest BCUT2D eigenvalue weighted by Gasteiger charge is 2.23. The molecule has 0 heterocycles. The molecule has 1 aromatic carbocycles. The van der Waals surface area contributed by atoms with Gasteiger partial charge in [-0.2, -0.15) is 0 Å². The molecule has 0 fully saturated rings. The Hall–Kier alpha value is -1.36. The number of nitrogens with one attached hydrogen (secondary N) is 1. The van der Waals surface area contributed by atoms with Crippen LogP contribution in [0.2, 0.25) is 0 Å². The van der Waals surface area contributed by atoms with Gasteiger partial charge in [0, 0.05) is 10.2 Å². The Balaban J connectivity index is 2.74. The van der Waals surface area contributed by atoms with Gasteiger partial charge in [0.2, 0.25) is 5.91 Å². The number of carboxylic acids is 1. The molecule has 0 bridgehead atoms. The summed E-state index contributed by atoms with van der Waals surface area (Å²) in [6, 6.07) is 7.01. The van der Waals surface area contributed by atoms with Gasteiger partial charge in [-0.1, -0.05) is 28.9 Å². The third-order valence-electron chi connectivity index (χ3n) is 2.11. The lowest BCUT2D eigenvalue weighted by Gasteiger charge is -2.10. The average Bonchev–Trinajstić information content (AvgIpc) is 2.17. The van der Waals surface area contributed by atoms with E-state index in [0.29, 0.717) is 5.69 Å². The Labute approximate surface area is 102 Å². The van der Waals surface area contributed by atoms with Crippen molar-refractivity contribution in [3.8, 4) is 0 Å². The van der Waals surface area contributed by atoms with E-state index < -0.39 is 17.8 Å². The van der Waals surface area contributed by atoms with Crippen LogP contribution in [0.15, 0.2) is 28.7 Å². The predicted octanol–water partition coefficient (Wildman–Crippen LogP) is 2.50. The number of aliphatic carboxylic acids is 1. The lowest BCUT2D eigenvalue weighted by atomic mass is 10.1. The molecule has 86 valence electrons. The largest absolute Gasteiger partial charge is 0.481 e. The van der Waals surface area contributed by atoms with Crippen LogP contribution in [-0.4, -0.2) is 17.0 Å². The van der Waals surface area contributed by atoms with Crippen molar-refractivity contribution < 1.29 is 14.7 Å². The number of amides is 1. The van der Waals surface area contributed by atoms with E-state index in [2.05, 4.69) is 21.2 Å². The van der Waals surface area contributed by atoms with Crippen LogP contribution in [0.5, 0.6) is 0 Å². The van der Waals surface area contributed by atoms with Crippen molar-refractivity contribution in [1.29, 1.82) is 0 Å². The van der Waals surface area contributed by atoms with Gasteiger partial charge in [-0.3, -0.25) is 9.59 Å². The topological polar surface area (TPSA) is 66.4 Å². The first-order valence-electron chi connectivity index (χ1n) is 4.83. The summed E-state index contributed by atoms with van der Waals surface area (Å²) in [5, 5.41) is 11.4. The summed E-state index contributed by atoms with van der Waals surface area (Å²) in [5.41, 5.74) is 0.582. The molecule has 0 spiro atoms. The minimum atomic E-state index is -1.10. The smallest absolute Gasteiger partial charge is 0.316 e. The molecule has 0 saturated carbocycles. The Morgan fingerprint density at radius 1 is 1.50 bits per heavy atom. The molecule has 5 heteroatoms. The van der Waals surface area contributed by atoms with Gasteiger partial charge in [0.05, 0.1) is 0 Å². The van der Waals surface area contributed by atoms with Crippen molar-refractivity contribution in [1.82, 2.24) is 0 Å². The Morgan fingerprint density at radius 2 is 2.19 bits per heavy atom. The third-order valence-corrected chi connectivity index (χ3v) is 2.61. The van der Waals surface area contributed by atoms with Crippen molar-refractivity contribution >= 4 is 33.5 Å². The molecule has 0 aliphatic carbocycles. The van der Waals surface area contributed by atoms with Crippen molar-refractivity contribution in [2.45, 2.75) is 13.3 Å². The van der Waals surface area contributed by atoms with Gasteiger partial charge >= 0.3 is 5.97 Å². The molecule has 2 N–H and O–H groups in total. The van der Waals surface area contributed by atoms with Crippen LogP contribution in [0, 0.1) is 5.92 Å². The van der Waals surface area contributed by atoms with Crippen molar-refractivity contribution in [3.63, 3.8) is 0 Å².